The van der Waals surface area contributed by atoms with E-state index in [0.29, 0.717) is 6.54 Å². The van der Waals surface area contributed by atoms with Crippen molar-refractivity contribution in [3.8, 4) is 0 Å². The maximum atomic E-state index is 11.3. The van der Waals surface area contributed by atoms with Gasteiger partial charge in [-0.25, -0.2) is 4.79 Å². The first-order valence-electron chi connectivity index (χ1n) is 9.84. The van der Waals surface area contributed by atoms with E-state index in [1.54, 1.807) is 0 Å². The van der Waals surface area contributed by atoms with Crippen molar-refractivity contribution in [3.63, 3.8) is 0 Å². The molecule has 1 amide bonds. The third-order valence-electron chi connectivity index (χ3n) is 4.12. The predicted octanol–water partition coefficient (Wildman–Crippen LogP) is 4.20. The number of unbranched alkanes of at least 4 members (excludes halogenated alkanes) is 12. The minimum Gasteiger partial charge on any atom is -0.480 e. The molecule has 0 aromatic heterocycles. The van der Waals surface area contributed by atoms with Crippen LogP contribution in [0, 0.1) is 0 Å². The number of carbonyl (C=O) groups excluding carboxylic acids is 1. The number of nitrogens with one attached hydrogen (secondary N) is 1. The molecule has 0 unspecified atom stereocenters. The summed E-state index contributed by atoms with van der Waals surface area (Å²) in [5, 5.41) is 11.1. The van der Waals surface area contributed by atoms with E-state index in [1.807, 2.05) is 0 Å². The molecule has 0 bridgehead atoms. The van der Waals surface area contributed by atoms with Crippen LogP contribution in [0.2, 0.25) is 0 Å². The average Bonchev–Trinajstić information content (AvgIpc) is 2.58. The molecule has 25 heavy (non-hydrogen) atoms. The molecule has 0 saturated carbocycles. The number of amides is 1. The molecule has 0 saturated heterocycles. The number of aliphatic carboxylic acids is 1. The summed E-state index contributed by atoms with van der Waals surface area (Å²) in [7, 11) is 0. The first kappa shape index (κ1) is 24.2. The summed E-state index contributed by atoms with van der Waals surface area (Å²) in [6.45, 7) is 0.0352. The number of carboxylic acids is 1. The highest BCUT2D eigenvalue weighted by Crippen LogP contribution is 2.12. The van der Waals surface area contributed by atoms with Crippen molar-refractivity contribution in [1.29, 1.82) is 0 Å². The highest BCUT2D eigenvalue weighted by atomic mass is 32.1. The summed E-state index contributed by atoms with van der Waals surface area (Å²) in [6.07, 6.45) is 16.7. The van der Waals surface area contributed by atoms with E-state index in [2.05, 4.69) is 17.9 Å². The van der Waals surface area contributed by atoms with E-state index < -0.39 is 12.6 Å². The molecule has 0 rings (SSSR count). The Bertz CT molecular complexity index is 327. The van der Waals surface area contributed by atoms with Gasteiger partial charge in [-0.1, -0.05) is 70.6 Å². The van der Waals surface area contributed by atoms with Crippen LogP contribution < -0.4 is 5.32 Å². The average molecular weight is 376 g/mol. The Hall–Kier alpha value is -0.750. The molecule has 0 spiro atoms. The Morgan fingerprint density at radius 2 is 1.16 bits per heavy atom. The van der Waals surface area contributed by atoms with Crippen molar-refractivity contribution in [1.82, 2.24) is 5.32 Å². The third kappa shape index (κ3) is 21.2. The molecule has 0 aromatic rings. The van der Waals surface area contributed by atoms with Crippen molar-refractivity contribution in [3.05, 3.63) is 0 Å². The van der Waals surface area contributed by atoms with Gasteiger partial charge in [0.05, 0.1) is 0 Å². The number of rotatable bonds is 19. The van der Waals surface area contributed by atoms with Crippen LogP contribution in [0.1, 0.15) is 83.5 Å². The summed E-state index contributed by atoms with van der Waals surface area (Å²) in [4.78, 5) is 21.6. The van der Waals surface area contributed by atoms with Gasteiger partial charge in [0.25, 0.3) is 0 Å². The fourth-order valence-electron chi connectivity index (χ4n) is 2.69. The van der Waals surface area contributed by atoms with Gasteiger partial charge in [0.15, 0.2) is 0 Å². The maximum Gasteiger partial charge on any atom is 0.329 e. The van der Waals surface area contributed by atoms with Gasteiger partial charge in [-0.2, -0.15) is 12.6 Å². The second-order valence-corrected chi connectivity index (χ2v) is 7.00. The van der Waals surface area contributed by atoms with E-state index in [0.717, 1.165) is 18.6 Å². The third-order valence-corrected chi connectivity index (χ3v) is 4.43. The van der Waals surface area contributed by atoms with Gasteiger partial charge in [0.1, 0.15) is 13.2 Å². The monoisotopic (exact) mass is 375 g/mol. The lowest BCUT2D eigenvalue weighted by molar-refractivity contribution is -0.143. The number of ether oxygens (including phenoxy) is 1. The Balaban J connectivity index is 3.11. The topological polar surface area (TPSA) is 75.6 Å². The van der Waals surface area contributed by atoms with Crippen molar-refractivity contribution < 1.29 is 19.4 Å². The zero-order valence-electron chi connectivity index (χ0n) is 15.6. The van der Waals surface area contributed by atoms with Crippen molar-refractivity contribution in [2.75, 3.05) is 25.5 Å². The molecule has 0 heterocycles. The van der Waals surface area contributed by atoms with Crippen molar-refractivity contribution in [2.45, 2.75) is 83.5 Å². The summed E-state index contributed by atoms with van der Waals surface area (Å²) in [5.41, 5.74) is 0. The second kappa shape index (κ2) is 19.6. The van der Waals surface area contributed by atoms with Gasteiger partial charge >= 0.3 is 5.97 Å². The highest BCUT2D eigenvalue weighted by molar-refractivity contribution is 7.80. The molecule has 0 fully saturated rings. The smallest absolute Gasteiger partial charge is 0.329 e. The van der Waals surface area contributed by atoms with Crippen LogP contribution >= 0.6 is 12.6 Å². The first-order chi connectivity index (χ1) is 12.2. The zero-order valence-corrected chi connectivity index (χ0v) is 16.5. The van der Waals surface area contributed by atoms with Crippen molar-refractivity contribution >= 4 is 24.5 Å². The molecular formula is C19H37NO4S. The normalized spacial score (nSPS) is 10.8. The van der Waals surface area contributed by atoms with E-state index in [9.17, 15) is 9.59 Å². The lowest BCUT2D eigenvalue weighted by Gasteiger charge is -2.05. The van der Waals surface area contributed by atoms with E-state index in [1.165, 1.54) is 70.6 Å². The molecular weight excluding hydrogens is 338 g/mol. The number of carbonyl (C=O) groups is 2. The SMILES string of the molecule is O=C(O)COCC(=O)NCCCCCCCCCCCCCCCS. The number of hydrogen-bond donors (Lipinski definition) is 3. The Labute approximate surface area is 158 Å². The lowest BCUT2D eigenvalue weighted by Crippen LogP contribution is -2.29. The summed E-state index contributed by atoms with van der Waals surface area (Å²) in [6, 6.07) is 0. The minimum atomic E-state index is -1.06. The van der Waals surface area contributed by atoms with Gasteiger partial charge in [-0.15, -0.1) is 0 Å². The van der Waals surface area contributed by atoms with Crippen LogP contribution in [0.5, 0.6) is 0 Å². The zero-order chi connectivity index (χ0) is 18.6. The minimum absolute atomic E-state index is 0.179. The Morgan fingerprint density at radius 1 is 0.720 bits per heavy atom. The quantitative estimate of drug-likeness (QED) is 0.234. The van der Waals surface area contributed by atoms with E-state index >= 15 is 0 Å². The molecule has 148 valence electrons. The fraction of sp³-hybridized carbons (Fsp3) is 0.895. The second-order valence-electron chi connectivity index (χ2n) is 6.56. The maximum absolute atomic E-state index is 11.3. The summed E-state index contributed by atoms with van der Waals surface area (Å²) in [5.74, 6) is -0.281. The Kier molecular flexibility index (Phi) is 19.0. The van der Waals surface area contributed by atoms with Gasteiger partial charge < -0.3 is 15.2 Å². The predicted molar refractivity (Wildman–Crippen MR) is 105 cm³/mol. The standard InChI is InChI=1S/C19H37NO4S/c21-18(16-24-17-19(22)23)20-14-12-10-8-6-4-2-1-3-5-7-9-11-13-15-25/h25H,1-17H2,(H,20,21)(H,22,23). The van der Waals surface area contributed by atoms with E-state index in [4.69, 9.17) is 9.84 Å². The molecule has 0 aliphatic carbocycles. The van der Waals surface area contributed by atoms with Crippen LogP contribution in [-0.4, -0.2) is 42.5 Å². The molecule has 0 aliphatic heterocycles. The summed E-state index contributed by atoms with van der Waals surface area (Å²) < 4.78 is 4.72. The molecule has 5 nitrogen and oxygen atoms in total. The van der Waals surface area contributed by atoms with Crippen LogP contribution in [0.25, 0.3) is 0 Å². The van der Waals surface area contributed by atoms with Crippen LogP contribution in [0.15, 0.2) is 0 Å². The largest absolute Gasteiger partial charge is 0.480 e. The van der Waals surface area contributed by atoms with Crippen LogP contribution in [-0.2, 0) is 14.3 Å². The first-order valence-corrected chi connectivity index (χ1v) is 10.5. The van der Waals surface area contributed by atoms with Gasteiger partial charge in [-0.05, 0) is 18.6 Å². The van der Waals surface area contributed by atoms with Crippen LogP contribution in [0.3, 0.4) is 0 Å². The number of hydrogen-bond acceptors (Lipinski definition) is 4. The van der Waals surface area contributed by atoms with Gasteiger partial charge in [-0.3, -0.25) is 4.79 Å². The number of carboxylic acid groups (broad SMARTS) is 1. The summed E-state index contributed by atoms with van der Waals surface area (Å²) >= 11 is 4.22. The Morgan fingerprint density at radius 3 is 1.60 bits per heavy atom. The molecule has 0 atom stereocenters. The fourth-order valence-corrected chi connectivity index (χ4v) is 2.91. The molecule has 6 heteroatoms. The van der Waals surface area contributed by atoms with E-state index in [-0.39, 0.29) is 12.5 Å². The highest BCUT2D eigenvalue weighted by Gasteiger charge is 2.02. The lowest BCUT2D eigenvalue weighted by atomic mass is 10.0. The molecule has 0 radical (unpaired) electrons. The molecule has 2 N–H and O–H groups in total. The van der Waals surface area contributed by atoms with Gasteiger partial charge in [0, 0.05) is 6.54 Å². The molecule has 0 aliphatic rings. The van der Waals surface area contributed by atoms with Crippen LogP contribution in [0.4, 0.5) is 0 Å². The van der Waals surface area contributed by atoms with Gasteiger partial charge in [0.2, 0.25) is 5.91 Å². The molecule has 0 aromatic carbocycles. The number of thiol groups is 1. The van der Waals surface area contributed by atoms with Crippen molar-refractivity contribution in [2.24, 2.45) is 0 Å².